The molecule has 0 radical (unpaired) electrons. The summed E-state index contributed by atoms with van der Waals surface area (Å²) in [6.07, 6.45) is -59.2. The molecule has 6 rings (SSSR count). The first-order valence-electron chi connectivity index (χ1n) is 24.1. The highest BCUT2D eigenvalue weighted by Crippen LogP contribution is 2.37. The molecule has 79 heavy (non-hydrogen) atoms. The number of ether oxygens (including phenoxy) is 11. The van der Waals surface area contributed by atoms with Crippen LogP contribution in [0.3, 0.4) is 0 Å². The van der Waals surface area contributed by atoms with E-state index in [0.717, 1.165) is 20.8 Å². The molecule has 6 heterocycles. The van der Waals surface area contributed by atoms with Crippen LogP contribution in [0.25, 0.3) is 0 Å². The minimum absolute atomic E-state index is 0.806. The van der Waals surface area contributed by atoms with Gasteiger partial charge in [0.25, 0.3) is 0 Å². The maximum atomic E-state index is 12.9. The van der Waals surface area contributed by atoms with Crippen molar-refractivity contribution in [3.63, 3.8) is 0 Å². The van der Waals surface area contributed by atoms with Crippen LogP contribution < -0.4 is 16.0 Å². The molecule has 3 amide bonds. The van der Waals surface area contributed by atoms with Gasteiger partial charge < -0.3 is 155 Å². The van der Waals surface area contributed by atoms with Gasteiger partial charge in [-0.2, -0.15) is 0 Å². The second kappa shape index (κ2) is 26.8. The number of aliphatic hydroxyl groups is 14. The summed E-state index contributed by atoms with van der Waals surface area (Å²) in [5, 5.41) is 188. The Morgan fingerprint density at radius 2 is 0.633 bits per heavy atom. The van der Waals surface area contributed by atoms with Gasteiger partial charge in [0.2, 0.25) is 17.7 Å². The minimum Gasteiger partial charge on any atom is -0.479 e. The number of hydrogen-bond donors (Lipinski definition) is 20. The Kier molecular flexibility index (Phi) is 21.7. The number of amides is 3. The predicted octanol–water partition coefficient (Wildman–Crippen LogP) is -13.4. The summed E-state index contributed by atoms with van der Waals surface area (Å²) >= 11 is 0. The summed E-state index contributed by atoms with van der Waals surface area (Å²) in [6, 6.07) is -5.60. The van der Waals surface area contributed by atoms with Crippen LogP contribution in [0.5, 0.6) is 0 Å². The first-order chi connectivity index (χ1) is 37.1. The molecule has 452 valence electrons. The standard InChI is InChI=1S/C42H65N3O34/c1-7(49)43-13-26(16(52)10(4-46)69-37(13)68)72-41-24(60)21(57)29(32(78-41)35(64)65)75-39-15(45-9(3)51)28(18(54)12(6-48)71-39)74-42-25(61)22(58)30(33(79-42)36(66)67)76-38-14(44-8(2)50)27(17(53)11(5-47)70-38)73-40-23(59)19(55)20(56)31(77-40)34(62)63/h10-33,37-42,46-48,52-61,68H,4-6H2,1-3H3,(H,43,49)(H,44,50)(H,45,51)(H,62,63)(H,64,65)(H,66,67)/t10-,11-,12-,13-,14-,15-,16-,17-,18-,19+,20-,21-,22-,23-,24-,25-,26-,27-,28-,29+,30+,31+,32+,33+,37-,38+,39+,40-,41-,42-/m1/s1. The van der Waals surface area contributed by atoms with E-state index >= 15 is 0 Å². The number of carbonyl (C=O) groups excluding carboxylic acids is 3. The Hall–Kier alpha value is -4.18. The highest BCUT2D eigenvalue weighted by Gasteiger charge is 2.60. The van der Waals surface area contributed by atoms with E-state index in [9.17, 15) is 116 Å². The largest absolute Gasteiger partial charge is 0.479 e. The van der Waals surface area contributed by atoms with Crippen molar-refractivity contribution in [3.05, 3.63) is 0 Å². The van der Waals surface area contributed by atoms with Crippen molar-refractivity contribution in [3.8, 4) is 0 Å². The van der Waals surface area contributed by atoms with Crippen molar-refractivity contribution in [2.75, 3.05) is 19.8 Å². The van der Waals surface area contributed by atoms with E-state index in [-0.39, 0.29) is 0 Å². The third kappa shape index (κ3) is 13.8. The number of carboxylic acids is 3. The topological polar surface area (TPSA) is 584 Å². The highest BCUT2D eigenvalue weighted by atomic mass is 16.8. The summed E-state index contributed by atoms with van der Waals surface area (Å²) in [6.45, 7) is -0.408. The van der Waals surface area contributed by atoms with Crippen LogP contribution in [-0.4, -0.2) is 326 Å². The number of carbonyl (C=O) groups is 6. The Morgan fingerprint density at radius 1 is 0.342 bits per heavy atom. The summed E-state index contributed by atoms with van der Waals surface area (Å²) in [5.41, 5.74) is 0. The molecule has 37 heteroatoms. The first-order valence-corrected chi connectivity index (χ1v) is 24.1. The van der Waals surface area contributed by atoms with Crippen LogP contribution in [0.4, 0.5) is 0 Å². The fourth-order valence-electron chi connectivity index (χ4n) is 9.64. The second-order valence-electron chi connectivity index (χ2n) is 19.1. The van der Waals surface area contributed by atoms with E-state index in [1.807, 2.05) is 0 Å². The van der Waals surface area contributed by atoms with E-state index < -0.39 is 239 Å². The molecule has 0 aromatic carbocycles. The quantitative estimate of drug-likeness (QED) is 0.0571. The van der Waals surface area contributed by atoms with Crippen molar-refractivity contribution in [2.24, 2.45) is 0 Å². The summed E-state index contributed by atoms with van der Waals surface area (Å²) in [7, 11) is 0. The van der Waals surface area contributed by atoms with Gasteiger partial charge in [-0.25, -0.2) is 14.4 Å². The lowest BCUT2D eigenvalue weighted by molar-refractivity contribution is -0.377. The Labute approximate surface area is 443 Å². The molecule has 6 fully saturated rings. The molecule has 0 saturated carbocycles. The number of rotatable bonds is 19. The average molecular weight is 1160 g/mol. The van der Waals surface area contributed by atoms with Crippen molar-refractivity contribution >= 4 is 35.6 Å². The normalized spacial score (nSPS) is 46.6. The van der Waals surface area contributed by atoms with Gasteiger partial charge in [-0.15, -0.1) is 0 Å². The van der Waals surface area contributed by atoms with Crippen molar-refractivity contribution in [2.45, 2.75) is 205 Å². The predicted molar refractivity (Wildman–Crippen MR) is 236 cm³/mol. The molecule has 0 bridgehead atoms. The molecule has 30 atom stereocenters. The number of nitrogens with one attached hydrogen (secondary N) is 3. The molecular weight excluding hydrogens is 1090 g/mol. The molecule has 0 aromatic heterocycles. The maximum absolute atomic E-state index is 12.9. The SMILES string of the molecule is CC(=O)N[C@@H]1[C@@H](O[C@@H]2O[C@H](C(=O)O)[C@@H](O[C@@H]3O[C@H](CO)[C@@H](O)[C@H](O[C@@H]4O[C@H](C(=O)O)[C@@H](O[C@@H]5O[C@H](CO)[C@@H](O)[C@H](O[C@@H]6O[C@H](C(=O)O)[C@H](O)[C@H](O)[C@H]6O)[C@H]5NC(C)=O)[C@H](O)[C@H]4O)[C@H]3NC(C)=O)[C@H](O)[C@H]2O)[C@H](O)[C@@H](CO)O[C@H]1O. The number of hydrogen-bond acceptors (Lipinski definition) is 31. The lowest BCUT2D eigenvalue weighted by Crippen LogP contribution is -2.71. The van der Waals surface area contributed by atoms with Crippen LogP contribution >= 0.6 is 0 Å². The molecule has 0 spiro atoms. The van der Waals surface area contributed by atoms with Crippen LogP contribution in [0.1, 0.15) is 20.8 Å². The van der Waals surface area contributed by atoms with Crippen LogP contribution in [-0.2, 0) is 80.9 Å². The third-order valence-corrected chi connectivity index (χ3v) is 13.5. The zero-order chi connectivity index (χ0) is 58.8. The molecule has 20 N–H and O–H groups in total. The lowest BCUT2D eigenvalue weighted by atomic mass is 9.93. The Balaban J connectivity index is 1.25. The van der Waals surface area contributed by atoms with Crippen molar-refractivity contribution in [1.29, 1.82) is 0 Å². The maximum Gasteiger partial charge on any atom is 0.335 e. The summed E-state index contributed by atoms with van der Waals surface area (Å²) in [5.74, 6) is -8.58. The summed E-state index contributed by atoms with van der Waals surface area (Å²) < 4.78 is 61.2. The molecule has 0 aliphatic carbocycles. The zero-order valence-electron chi connectivity index (χ0n) is 41.5. The van der Waals surface area contributed by atoms with Gasteiger partial charge >= 0.3 is 17.9 Å². The van der Waals surface area contributed by atoms with Gasteiger partial charge in [-0.1, -0.05) is 0 Å². The average Bonchev–Trinajstić information content (AvgIpc) is 3.54. The van der Waals surface area contributed by atoms with E-state index in [0.29, 0.717) is 0 Å². The number of carboxylic acid groups (broad SMARTS) is 3. The van der Waals surface area contributed by atoms with Crippen LogP contribution in [0.2, 0.25) is 0 Å². The van der Waals surface area contributed by atoms with E-state index in [4.69, 9.17) is 52.1 Å². The zero-order valence-corrected chi connectivity index (χ0v) is 41.5. The van der Waals surface area contributed by atoms with Crippen LogP contribution in [0.15, 0.2) is 0 Å². The van der Waals surface area contributed by atoms with E-state index in [1.165, 1.54) is 0 Å². The van der Waals surface area contributed by atoms with Gasteiger partial charge in [-0.05, 0) is 0 Å². The molecule has 0 unspecified atom stereocenters. The lowest BCUT2D eigenvalue weighted by Gasteiger charge is -2.50. The first kappa shape index (κ1) is 64.0. The van der Waals surface area contributed by atoms with E-state index in [1.54, 1.807) is 0 Å². The van der Waals surface area contributed by atoms with Gasteiger partial charge in [-0.3, -0.25) is 14.4 Å². The minimum atomic E-state index is -2.52. The second-order valence-corrected chi connectivity index (χ2v) is 19.1. The van der Waals surface area contributed by atoms with Crippen molar-refractivity contribution in [1.82, 2.24) is 16.0 Å². The van der Waals surface area contributed by atoms with Crippen LogP contribution in [0, 0.1) is 0 Å². The van der Waals surface area contributed by atoms with Gasteiger partial charge in [0.1, 0.15) is 128 Å². The molecular formula is C42H65N3O34. The Morgan fingerprint density at radius 3 is 0.962 bits per heavy atom. The Bertz CT molecular complexity index is 2120. The van der Waals surface area contributed by atoms with Gasteiger partial charge in [0.15, 0.2) is 56.1 Å². The summed E-state index contributed by atoms with van der Waals surface area (Å²) in [4.78, 5) is 74.7. The smallest absolute Gasteiger partial charge is 0.335 e. The van der Waals surface area contributed by atoms with Gasteiger partial charge in [0.05, 0.1) is 19.8 Å². The number of aliphatic carboxylic acids is 3. The van der Waals surface area contributed by atoms with Gasteiger partial charge in [0, 0.05) is 20.8 Å². The van der Waals surface area contributed by atoms with Crippen molar-refractivity contribution < 1.29 is 168 Å². The van der Waals surface area contributed by atoms with E-state index in [2.05, 4.69) is 16.0 Å². The third-order valence-electron chi connectivity index (χ3n) is 13.5. The fraction of sp³-hybridized carbons (Fsp3) is 0.857. The monoisotopic (exact) mass is 1160 g/mol. The fourth-order valence-corrected chi connectivity index (χ4v) is 9.64. The molecule has 6 saturated heterocycles. The highest BCUT2D eigenvalue weighted by molar-refractivity contribution is 5.75. The molecule has 0 aromatic rings. The molecule has 6 aliphatic heterocycles. The molecule has 6 aliphatic rings. The molecule has 37 nitrogen and oxygen atoms in total. The number of aliphatic hydroxyl groups excluding tert-OH is 14.